The highest BCUT2D eigenvalue weighted by Gasteiger charge is 2.48. The lowest BCUT2D eigenvalue weighted by Crippen LogP contribution is -2.49. The van der Waals surface area contributed by atoms with Crippen LogP contribution in [0.5, 0.6) is 11.5 Å². The van der Waals surface area contributed by atoms with Crippen LogP contribution in [0.3, 0.4) is 0 Å². The third-order valence-corrected chi connectivity index (χ3v) is 6.26. The summed E-state index contributed by atoms with van der Waals surface area (Å²) in [4.78, 5) is 13.4. The molecule has 1 amide bonds. The number of piperidine rings is 1. The number of nitrogens with zero attached hydrogens (tertiary/aromatic N) is 1. The molecule has 0 aromatic heterocycles. The summed E-state index contributed by atoms with van der Waals surface area (Å²) in [7, 11) is 1.55. The number of nitrogens with two attached hydrogens (primary N) is 1. The van der Waals surface area contributed by atoms with Gasteiger partial charge in [0.15, 0.2) is 18.1 Å². The van der Waals surface area contributed by atoms with Crippen LogP contribution >= 0.6 is 0 Å². The largest absolute Gasteiger partial charge is 0.493 e. The summed E-state index contributed by atoms with van der Waals surface area (Å²) in [6.07, 6.45) is 3.00. The molecule has 0 radical (unpaired) electrons. The van der Waals surface area contributed by atoms with Gasteiger partial charge in [0.25, 0.3) is 5.91 Å². The maximum absolute atomic E-state index is 14.3. The molecule has 2 aromatic carbocycles. The number of ether oxygens (including phenoxy) is 2. The first-order valence-electron chi connectivity index (χ1n) is 10.2. The topological polar surface area (TPSA) is 85.0 Å². The molecule has 0 spiro atoms. The molecule has 6 nitrogen and oxygen atoms in total. The molecule has 7 heteroatoms. The van der Waals surface area contributed by atoms with Crippen molar-refractivity contribution in [2.45, 2.75) is 49.9 Å². The summed E-state index contributed by atoms with van der Waals surface area (Å²) in [5, 5.41) is 11.3. The molecule has 2 fully saturated rings. The van der Waals surface area contributed by atoms with Gasteiger partial charge in [0.1, 0.15) is 5.82 Å². The molecule has 2 aromatic rings. The Labute approximate surface area is 175 Å². The summed E-state index contributed by atoms with van der Waals surface area (Å²) in [5.41, 5.74) is 5.46. The van der Waals surface area contributed by atoms with E-state index in [-0.39, 0.29) is 24.5 Å². The first-order valence-corrected chi connectivity index (χ1v) is 10.2. The molecule has 2 saturated heterocycles. The minimum Gasteiger partial charge on any atom is -0.493 e. The predicted octanol–water partition coefficient (Wildman–Crippen LogP) is 2.71. The van der Waals surface area contributed by atoms with Gasteiger partial charge in [0.2, 0.25) is 0 Å². The summed E-state index contributed by atoms with van der Waals surface area (Å²) < 4.78 is 25.1. The van der Waals surface area contributed by atoms with Gasteiger partial charge in [0.05, 0.1) is 12.7 Å². The Morgan fingerprint density at radius 3 is 2.53 bits per heavy atom. The third kappa shape index (κ3) is 4.00. The molecule has 0 saturated carbocycles. The Balaban J connectivity index is 1.49. The van der Waals surface area contributed by atoms with E-state index in [4.69, 9.17) is 15.2 Å². The normalized spacial score (nSPS) is 25.8. The molecule has 4 rings (SSSR count). The van der Waals surface area contributed by atoms with Crippen molar-refractivity contribution in [2.24, 2.45) is 5.73 Å². The molecule has 2 atom stereocenters. The van der Waals surface area contributed by atoms with Crippen molar-refractivity contribution in [1.82, 2.24) is 4.90 Å². The average molecular weight is 414 g/mol. The molecule has 2 heterocycles. The number of halogens is 1. The Kier molecular flexibility index (Phi) is 5.66. The van der Waals surface area contributed by atoms with Gasteiger partial charge in [-0.2, -0.15) is 0 Å². The van der Waals surface area contributed by atoms with Gasteiger partial charge >= 0.3 is 0 Å². The standard InChI is InChI=1S/C23H27FN2O4/c1-29-21-10-15(6-9-20(21)30-14-22(25)27)13-26-16-7-8-17(26)12-23(28,11-16)18-4-2-3-5-19(18)24/h2-6,9-10,16-17,28H,7-8,11-14H2,1H3,(H2,25,27). The Morgan fingerprint density at radius 2 is 1.90 bits per heavy atom. The molecule has 0 aliphatic carbocycles. The summed E-state index contributed by atoms with van der Waals surface area (Å²) in [5.74, 6) is 0.119. The summed E-state index contributed by atoms with van der Waals surface area (Å²) in [6, 6.07) is 12.5. The lowest BCUT2D eigenvalue weighted by molar-refractivity contribution is -0.119. The third-order valence-electron chi connectivity index (χ3n) is 6.26. The fourth-order valence-electron chi connectivity index (χ4n) is 4.92. The summed E-state index contributed by atoms with van der Waals surface area (Å²) >= 11 is 0. The minimum atomic E-state index is -1.13. The number of amides is 1. The van der Waals surface area contributed by atoms with Crippen molar-refractivity contribution >= 4 is 5.91 Å². The van der Waals surface area contributed by atoms with Crippen molar-refractivity contribution in [1.29, 1.82) is 0 Å². The highest BCUT2D eigenvalue weighted by atomic mass is 19.1. The van der Waals surface area contributed by atoms with Gasteiger partial charge in [0, 0.05) is 24.2 Å². The van der Waals surface area contributed by atoms with Gasteiger partial charge in [-0.15, -0.1) is 0 Å². The molecule has 30 heavy (non-hydrogen) atoms. The van der Waals surface area contributed by atoms with E-state index in [1.54, 1.807) is 31.4 Å². The van der Waals surface area contributed by atoms with Crippen molar-refractivity contribution < 1.29 is 23.8 Å². The fraction of sp³-hybridized carbons (Fsp3) is 0.435. The maximum Gasteiger partial charge on any atom is 0.255 e. The Bertz CT molecular complexity index is 921. The van der Waals surface area contributed by atoms with Crippen LogP contribution in [0, 0.1) is 5.82 Å². The zero-order valence-corrected chi connectivity index (χ0v) is 17.0. The van der Waals surface area contributed by atoms with Crippen LogP contribution in [-0.4, -0.2) is 41.7 Å². The van der Waals surface area contributed by atoms with Crippen LogP contribution in [0.25, 0.3) is 0 Å². The predicted molar refractivity (Wildman–Crippen MR) is 110 cm³/mol. The zero-order chi connectivity index (χ0) is 21.3. The van der Waals surface area contributed by atoms with E-state index in [1.165, 1.54) is 6.07 Å². The molecule has 2 unspecified atom stereocenters. The molecule has 2 aliphatic heterocycles. The second-order valence-electron chi connectivity index (χ2n) is 8.22. The van der Waals surface area contributed by atoms with Crippen molar-refractivity contribution in [2.75, 3.05) is 13.7 Å². The van der Waals surface area contributed by atoms with Crippen LogP contribution < -0.4 is 15.2 Å². The number of primary amides is 1. The number of fused-ring (bicyclic) bond motifs is 2. The smallest absolute Gasteiger partial charge is 0.255 e. The van der Waals surface area contributed by atoms with E-state index in [2.05, 4.69) is 4.90 Å². The Hall–Kier alpha value is -2.64. The number of aliphatic hydroxyl groups is 1. The van der Waals surface area contributed by atoms with E-state index < -0.39 is 11.5 Å². The minimum absolute atomic E-state index is 0.185. The number of benzene rings is 2. The molecule has 3 N–H and O–H groups in total. The van der Waals surface area contributed by atoms with Crippen molar-refractivity contribution in [3.8, 4) is 11.5 Å². The van der Waals surface area contributed by atoms with E-state index in [0.29, 0.717) is 36.4 Å². The fourth-order valence-corrected chi connectivity index (χ4v) is 4.92. The average Bonchev–Trinajstić information content (AvgIpc) is 2.96. The number of methoxy groups -OCH3 is 1. The van der Waals surface area contributed by atoms with Crippen molar-refractivity contribution in [3.63, 3.8) is 0 Å². The highest BCUT2D eigenvalue weighted by molar-refractivity contribution is 5.75. The highest BCUT2D eigenvalue weighted by Crippen LogP contribution is 2.47. The van der Waals surface area contributed by atoms with Gasteiger partial charge in [-0.1, -0.05) is 24.3 Å². The SMILES string of the molecule is COc1cc(CN2C3CCC2CC(O)(c2ccccc2F)C3)ccc1OCC(N)=O. The number of carbonyl (C=O) groups is 1. The lowest BCUT2D eigenvalue weighted by Gasteiger charge is -2.44. The van der Waals surface area contributed by atoms with Crippen LogP contribution in [0.4, 0.5) is 4.39 Å². The summed E-state index contributed by atoms with van der Waals surface area (Å²) in [6.45, 7) is 0.496. The molecule has 2 bridgehead atoms. The first kappa shape index (κ1) is 20.6. The van der Waals surface area contributed by atoms with Crippen molar-refractivity contribution in [3.05, 3.63) is 59.4 Å². The van der Waals surface area contributed by atoms with Gasteiger partial charge in [-0.05, 0) is 49.4 Å². The van der Waals surface area contributed by atoms with Gasteiger partial charge < -0.3 is 20.3 Å². The van der Waals surface area contributed by atoms with Crippen LogP contribution in [-0.2, 0) is 16.9 Å². The zero-order valence-electron chi connectivity index (χ0n) is 17.0. The molecular formula is C23H27FN2O4. The van der Waals surface area contributed by atoms with E-state index >= 15 is 0 Å². The van der Waals surface area contributed by atoms with Crippen LogP contribution in [0.1, 0.15) is 36.8 Å². The van der Waals surface area contributed by atoms with Crippen LogP contribution in [0.2, 0.25) is 0 Å². The second-order valence-corrected chi connectivity index (χ2v) is 8.22. The van der Waals surface area contributed by atoms with E-state index in [1.807, 2.05) is 12.1 Å². The molecular weight excluding hydrogens is 387 g/mol. The maximum atomic E-state index is 14.3. The number of rotatable bonds is 7. The van der Waals surface area contributed by atoms with E-state index in [9.17, 15) is 14.3 Å². The number of carbonyl (C=O) groups excluding carboxylic acids is 1. The van der Waals surface area contributed by atoms with Crippen LogP contribution in [0.15, 0.2) is 42.5 Å². The number of hydrogen-bond donors (Lipinski definition) is 2. The number of hydrogen-bond acceptors (Lipinski definition) is 5. The Morgan fingerprint density at radius 1 is 1.20 bits per heavy atom. The lowest BCUT2D eigenvalue weighted by atomic mass is 9.80. The molecule has 160 valence electrons. The van der Waals surface area contributed by atoms with E-state index in [0.717, 1.165) is 18.4 Å². The monoisotopic (exact) mass is 414 g/mol. The second kappa shape index (κ2) is 8.24. The van der Waals surface area contributed by atoms with Gasteiger partial charge in [-0.25, -0.2) is 4.39 Å². The quantitative estimate of drug-likeness (QED) is 0.728. The first-order chi connectivity index (χ1) is 14.4. The molecule has 2 aliphatic rings. The van der Waals surface area contributed by atoms with Gasteiger partial charge in [-0.3, -0.25) is 9.69 Å².